The summed E-state index contributed by atoms with van der Waals surface area (Å²) in [6.07, 6.45) is 3.43. The SMILES string of the molecule is CCn1cc(NC(=O)C(C)n2ccc(C)n2)c(C(=O)NCC(C)C)n1. The Hall–Kier alpha value is -2.64. The van der Waals surface area contributed by atoms with Crippen LogP contribution in [0.1, 0.15) is 49.9 Å². The van der Waals surface area contributed by atoms with Gasteiger partial charge in [-0.15, -0.1) is 0 Å². The summed E-state index contributed by atoms with van der Waals surface area (Å²) >= 11 is 0. The maximum absolute atomic E-state index is 12.5. The monoisotopic (exact) mass is 346 g/mol. The predicted molar refractivity (Wildman–Crippen MR) is 95.4 cm³/mol. The first kappa shape index (κ1) is 18.7. The molecule has 0 aliphatic rings. The van der Waals surface area contributed by atoms with E-state index >= 15 is 0 Å². The van der Waals surface area contributed by atoms with E-state index in [1.807, 2.05) is 33.8 Å². The van der Waals surface area contributed by atoms with Crippen LogP contribution in [0.4, 0.5) is 5.69 Å². The van der Waals surface area contributed by atoms with Crippen molar-refractivity contribution in [2.45, 2.75) is 47.2 Å². The number of nitrogens with one attached hydrogen (secondary N) is 2. The summed E-state index contributed by atoms with van der Waals surface area (Å²) in [6, 6.07) is 1.34. The van der Waals surface area contributed by atoms with Crippen molar-refractivity contribution < 1.29 is 9.59 Å². The van der Waals surface area contributed by atoms with Crippen molar-refractivity contribution in [1.29, 1.82) is 0 Å². The first-order chi connectivity index (χ1) is 11.8. The molecule has 2 heterocycles. The van der Waals surface area contributed by atoms with Gasteiger partial charge in [0.25, 0.3) is 5.91 Å². The van der Waals surface area contributed by atoms with Gasteiger partial charge in [-0.1, -0.05) is 13.8 Å². The number of nitrogens with zero attached hydrogens (tertiary/aromatic N) is 4. The molecule has 0 saturated carbocycles. The normalized spacial score (nSPS) is 12.2. The summed E-state index contributed by atoms with van der Waals surface area (Å²) in [7, 11) is 0. The maximum atomic E-state index is 12.5. The van der Waals surface area contributed by atoms with E-state index in [1.165, 1.54) is 0 Å². The van der Waals surface area contributed by atoms with E-state index in [-0.39, 0.29) is 17.5 Å². The van der Waals surface area contributed by atoms with Crippen LogP contribution < -0.4 is 10.6 Å². The van der Waals surface area contributed by atoms with Crippen LogP contribution in [0.3, 0.4) is 0 Å². The fourth-order valence-electron chi connectivity index (χ4n) is 2.23. The van der Waals surface area contributed by atoms with Crippen molar-refractivity contribution in [2.75, 3.05) is 11.9 Å². The van der Waals surface area contributed by atoms with Crippen LogP contribution in [0, 0.1) is 12.8 Å². The zero-order valence-electron chi connectivity index (χ0n) is 15.4. The van der Waals surface area contributed by atoms with Crippen LogP contribution in [0.2, 0.25) is 0 Å². The third-order valence-electron chi connectivity index (χ3n) is 3.75. The van der Waals surface area contributed by atoms with E-state index in [1.54, 1.807) is 28.7 Å². The lowest BCUT2D eigenvalue weighted by molar-refractivity contribution is -0.119. The Morgan fingerprint density at radius 2 is 1.96 bits per heavy atom. The predicted octanol–water partition coefficient (Wildman–Crippen LogP) is 1.99. The molecule has 136 valence electrons. The molecule has 1 unspecified atom stereocenters. The fraction of sp³-hybridized carbons (Fsp3) is 0.529. The lowest BCUT2D eigenvalue weighted by Gasteiger charge is -2.13. The van der Waals surface area contributed by atoms with Crippen LogP contribution in [0.5, 0.6) is 0 Å². The van der Waals surface area contributed by atoms with E-state index in [4.69, 9.17) is 0 Å². The number of rotatable bonds is 7. The van der Waals surface area contributed by atoms with Crippen molar-refractivity contribution >= 4 is 17.5 Å². The van der Waals surface area contributed by atoms with E-state index in [2.05, 4.69) is 20.8 Å². The van der Waals surface area contributed by atoms with Crippen molar-refractivity contribution in [1.82, 2.24) is 24.9 Å². The Balaban J connectivity index is 2.16. The number of aromatic nitrogens is 4. The van der Waals surface area contributed by atoms with Gasteiger partial charge in [0.2, 0.25) is 5.91 Å². The van der Waals surface area contributed by atoms with E-state index in [9.17, 15) is 9.59 Å². The molecule has 2 amide bonds. The van der Waals surface area contributed by atoms with Crippen molar-refractivity contribution in [2.24, 2.45) is 5.92 Å². The molecule has 0 aliphatic heterocycles. The molecular weight excluding hydrogens is 320 g/mol. The van der Waals surface area contributed by atoms with Crippen molar-refractivity contribution in [3.05, 3.63) is 29.8 Å². The Labute approximate surface area is 147 Å². The fourth-order valence-corrected chi connectivity index (χ4v) is 2.23. The minimum absolute atomic E-state index is 0.222. The second-order valence-electron chi connectivity index (χ2n) is 6.45. The standard InChI is InChI=1S/C17H26N6O2/c1-6-22-10-14(15(21-22)17(25)18-9-11(2)3)19-16(24)13(5)23-8-7-12(4)20-23/h7-8,10-11,13H,6,9H2,1-5H3,(H,18,25)(H,19,24). The summed E-state index contributed by atoms with van der Waals surface area (Å²) in [5.74, 6) is -0.214. The molecule has 0 spiro atoms. The zero-order valence-corrected chi connectivity index (χ0v) is 15.4. The molecule has 25 heavy (non-hydrogen) atoms. The first-order valence-corrected chi connectivity index (χ1v) is 8.50. The van der Waals surface area contributed by atoms with Gasteiger partial charge in [-0.05, 0) is 32.8 Å². The minimum Gasteiger partial charge on any atom is -0.350 e. The highest BCUT2D eigenvalue weighted by Crippen LogP contribution is 2.17. The van der Waals surface area contributed by atoms with Gasteiger partial charge in [0, 0.05) is 25.5 Å². The summed E-state index contributed by atoms with van der Waals surface area (Å²) < 4.78 is 3.22. The molecule has 8 nitrogen and oxygen atoms in total. The second-order valence-corrected chi connectivity index (χ2v) is 6.45. The molecule has 0 bridgehead atoms. The van der Waals surface area contributed by atoms with E-state index in [0.29, 0.717) is 24.7 Å². The lowest BCUT2D eigenvalue weighted by atomic mass is 10.2. The third kappa shape index (κ3) is 4.68. The quantitative estimate of drug-likeness (QED) is 0.802. The summed E-state index contributed by atoms with van der Waals surface area (Å²) in [4.78, 5) is 24.9. The highest BCUT2D eigenvalue weighted by molar-refractivity contribution is 6.02. The van der Waals surface area contributed by atoms with Crippen LogP contribution >= 0.6 is 0 Å². The molecule has 1 atom stereocenters. The van der Waals surface area contributed by atoms with Crippen molar-refractivity contribution in [3.63, 3.8) is 0 Å². The molecule has 2 aromatic rings. The average molecular weight is 346 g/mol. The Bertz CT molecular complexity index is 746. The second kappa shape index (κ2) is 7.96. The topological polar surface area (TPSA) is 93.8 Å². The van der Waals surface area contributed by atoms with Crippen LogP contribution in [-0.2, 0) is 11.3 Å². The summed E-state index contributed by atoms with van der Waals surface area (Å²) in [5.41, 5.74) is 1.47. The lowest BCUT2D eigenvalue weighted by Crippen LogP contribution is -2.29. The van der Waals surface area contributed by atoms with Gasteiger partial charge in [-0.2, -0.15) is 10.2 Å². The largest absolute Gasteiger partial charge is 0.350 e. The molecule has 2 N–H and O–H groups in total. The number of carbonyl (C=O) groups is 2. The van der Waals surface area contributed by atoms with E-state index in [0.717, 1.165) is 5.69 Å². The number of carbonyl (C=O) groups excluding carboxylic acids is 2. The molecule has 2 rings (SSSR count). The number of amides is 2. The molecule has 0 fully saturated rings. The van der Waals surface area contributed by atoms with Crippen LogP contribution in [0.15, 0.2) is 18.5 Å². The smallest absolute Gasteiger partial charge is 0.273 e. The van der Waals surface area contributed by atoms with Crippen LogP contribution in [0.25, 0.3) is 0 Å². The Morgan fingerprint density at radius 3 is 2.52 bits per heavy atom. The Kier molecular flexibility index (Phi) is 5.95. The molecule has 0 aromatic carbocycles. The average Bonchev–Trinajstić information content (AvgIpc) is 3.18. The zero-order chi connectivity index (χ0) is 18.6. The van der Waals surface area contributed by atoms with Gasteiger partial charge < -0.3 is 10.6 Å². The highest BCUT2D eigenvalue weighted by Gasteiger charge is 2.22. The highest BCUT2D eigenvalue weighted by atomic mass is 16.2. The van der Waals surface area contributed by atoms with Crippen molar-refractivity contribution in [3.8, 4) is 0 Å². The van der Waals surface area contributed by atoms with E-state index < -0.39 is 6.04 Å². The summed E-state index contributed by atoms with van der Waals surface area (Å²) in [5, 5.41) is 14.1. The number of hydrogen-bond donors (Lipinski definition) is 2. The number of anilines is 1. The third-order valence-corrected chi connectivity index (χ3v) is 3.75. The van der Waals surface area contributed by atoms with Gasteiger partial charge in [-0.25, -0.2) is 0 Å². The van der Waals surface area contributed by atoms with Gasteiger partial charge in [0.15, 0.2) is 5.69 Å². The van der Waals surface area contributed by atoms with Gasteiger partial charge >= 0.3 is 0 Å². The Morgan fingerprint density at radius 1 is 1.24 bits per heavy atom. The molecule has 0 radical (unpaired) electrons. The van der Waals surface area contributed by atoms with Gasteiger partial charge in [0.05, 0.1) is 11.4 Å². The summed E-state index contributed by atoms with van der Waals surface area (Å²) in [6.45, 7) is 10.7. The molecule has 2 aromatic heterocycles. The van der Waals surface area contributed by atoms with Gasteiger partial charge in [-0.3, -0.25) is 19.0 Å². The molecule has 0 saturated heterocycles. The molecular formula is C17H26N6O2. The number of aryl methyl sites for hydroxylation is 2. The first-order valence-electron chi connectivity index (χ1n) is 8.50. The van der Waals surface area contributed by atoms with Gasteiger partial charge in [0.1, 0.15) is 6.04 Å². The number of hydrogen-bond acceptors (Lipinski definition) is 4. The van der Waals surface area contributed by atoms with Crippen LogP contribution in [-0.4, -0.2) is 37.9 Å². The maximum Gasteiger partial charge on any atom is 0.273 e. The molecule has 0 aliphatic carbocycles. The minimum atomic E-state index is -0.495. The molecule has 8 heteroatoms.